The number of carbonyl (C=O) groups excluding carboxylic acids is 2. The number of methoxy groups -OCH3 is 1. The van der Waals surface area contributed by atoms with E-state index >= 15 is 0 Å². The number of hydrogen-bond acceptors (Lipinski definition) is 6. The maximum absolute atomic E-state index is 12.6. The molecule has 3 aromatic carbocycles. The molecular weight excluding hydrogens is 448 g/mol. The number of nitrogens with one attached hydrogen (secondary N) is 2. The molecule has 0 spiro atoms. The zero-order valence-corrected chi connectivity index (χ0v) is 19.9. The normalized spacial score (nSPS) is 10.4. The van der Waals surface area contributed by atoms with Crippen molar-refractivity contribution in [3.63, 3.8) is 0 Å². The van der Waals surface area contributed by atoms with Gasteiger partial charge in [-0.1, -0.05) is 73.7 Å². The third-order valence-electron chi connectivity index (χ3n) is 4.93. The van der Waals surface area contributed by atoms with E-state index in [1.165, 1.54) is 0 Å². The molecule has 0 heterocycles. The van der Waals surface area contributed by atoms with Crippen LogP contribution >= 0.6 is 0 Å². The van der Waals surface area contributed by atoms with E-state index in [0.717, 1.165) is 17.5 Å². The Bertz CT molecular complexity index is 1020. The van der Waals surface area contributed by atoms with Gasteiger partial charge in [-0.25, -0.2) is 9.59 Å². The van der Waals surface area contributed by atoms with Gasteiger partial charge >= 0.3 is 12.2 Å². The molecule has 0 aliphatic carbocycles. The molecule has 8 heteroatoms. The number of ether oxygens (including phenoxy) is 4. The minimum atomic E-state index is -0.934. The van der Waals surface area contributed by atoms with E-state index in [1.54, 1.807) is 25.3 Å². The van der Waals surface area contributed by atoms with Crippen molar-refractivity contribution in [2.24, 2.45) is 0 Å². The molecule has 0 bridgehead atoms. The van der Waals surface area contributed by atoms with E-state index in [9.17, 15) is 9.59 Å². The van der Waals surface area contributed by atoms with Gasteiger partial charge in [0.05, 0.1) is 13.7 Å². The first kappa shape index (κ1) is 25.4. The number of hydrogen-bond donors (Lipinski definition) is 2. The van der Waals surface area contributed by atoms with Crippen LogP contribution in [0.15, 0.2) is 78.9 Å². The fourth-order valence-corrected chi connectivity index (χ4v) is 3.17. The van der Waals surface area contributed by atoms with E-state index < -0.39 is 18.4 Å². The molecule has 8 nitrogen and oxygen atoms in total. The second-order valence-corrected chi connectivity index (χ2v) is 7.60. The standard InChI is InChI=1S/C27H30N2O6/c1-3-16-33-24-17-22(14-15-23(24)32-2)25(28-26(30)34-18-20-10-6-4-7-11-20)29-27(31)35-19-21-12-8-5-9-13-21/h4-15,17,25H,3,16,18-19H2,1-2H3,(H,28,30)(H,29,31). The Morgan fingerprint density at radius 1 is 0.771 bits per heavy atom. The first-order valence-corrected chi connectivity index (χ1v) is 11.3. The third-order valence-corrected chi connectivity index (χ3v) is 4.93. The molecule has 0 aliphatic heterocycles. The van der Waals surface area contributed by atoms with Crippen LogP contribution in [0.3, 0.4) is 0 Å². The summed E-state index contributed by atoms with van der Waals surface area (Å²) in [5, 5.41) is 5.37. The first-order chi connectivity index (χ1) is 17.1. The maximum Gasteiger partial charge on any atom is 0.409 e. The van der Waals surface area contributed by atoms with Gasteiger partial charge in [0.1, 0.15) is 19.4 Å². The van der Waals surface area contributed by atoms with Gasteiger partial charge < -0.3 is 18.9 Å². The minimum absolute atomic E-state index is 0.0886. The molecule has 0 unspecified atom stereocenters. The van der Waals surface area contributed by atoms with Gasteiger partial charge in [0.25, 0.3) is 0 Å². The average molecular weight is 479 g/mol. The van der Waals surface area contributed by atoms with E-state index in [0.29, 0.717) is 23.7 Å². The summed E-state index contributed by atoms with van der Waals surface area (Å²) < 4.78 is 21.8. The Kier molecular flexibility index (Phi) is 9.80. The molecule has 35 heavy (non-hydrogen) atoms. The van der Waals surface area contributed by atoms with Gasteiger partial charge in [-0.3, -0.25) is 10.6 Å². The SMILES string of the molecule is CCCOc1cc(C(NC(=O)OCc2ccccc2)NC(=O)OCc2ccccc2)ccc1OC. The number of alkyl carbamates (subject to hydrolysis) is 2. The second kappa shape index (κ2) is 13.5. The van der Waals surface area contributed by atoms with Gasteiger partial charge in [0, 0.05) is 0 Å². The summed E-state index contributed by atoms with van der Waals surface area (Å²) in [6.45, 7) is 2.66. The van der Waals surface area contributed by atoms with Crippen LogP contribution in [0.5, 0.6) is 11.5 Å². The quantitative estimate of drug-likeness (QED) is 0.362. The number of benzene rings is 3. The lowest BCUT2D eigenvalue weighted by Crippen LogP contribution is -2.41. The zero-order valence-electron chi connectivity index (χ0n) is 19.9. The van der Waals surface area contributed by atoms with Crippen LogP contribution < -0.4 is 20.1 Å². The number of carbonyl (C=O) groups is 2. The highest BCUT2D eigenvalue weighted by Gasteiger charge is 2.21. The Morgan fingerprint density at radius 3 is 1.80 bits per heavy atom. The summed E-state index contributed by atoms with van der Waals surface area (Å²) in [4.78, 5) is 25.1. The molecule has 2 amide bonds. The summed E-state index contributed by atoms with van der Waals surface area (Å²) in [7, 11) is 1.55. The van der Waals surface area contributed by atoms with Crippen LogP contribution in [0.1, 0.15) is 36.2 Å². The first-order valence-electron chi connectivity index (χ1n) is 11.3. The summed E-state index contributed by atoms with van der Waals surface area (Å²) >= 11 is 0. The predicted octanol–water partition coefficient (Wildman–Crippen LogP) is 5.34. The average Bonchev–Trinajstić information content (AvgIpc) is 2.90. The van der Waals surface area contributed by atoms with E-state index in [-0.39, 0.29) is 13.2 Å². The minimum Gasteiger partial charge on any atom is -0.493 e. The highest BCUT2D eigenvalue weighted by molar-refractivity contribution is 5.71. The third kappa shape index (κ3) is 8.26. The maximum atomic E-state index is 12.6. The molecule has 0 aliphatic rings. The molecule has 0 atom stereocenters. The molecule has 0 fully saturated rings. The lowest BCUT2D eigenvalue weighted by Gasteiger charge is -2.22. The highest BCUT2D eigenvalue weighted by Crippen LogP contribution is 2.30. The monoisotopic (exact) mass is 478 g/mol. The van der Waals surface area contributed by atoms with Gasteiger partial charge in [-0.2, -0.15) is 0 Å². The van der Waals surface area contributed by atoms with Crippen molar-refractivity contribution in [2.75, 3.05) is 13.7 Å². The summed E-state index contributed by atoms with van der Waals surface area (Å²) in [6.07, 6.45) is -1.52. The van der Waals surface area contributed by atoms with Crippen molar-refractivity contribution < 1.29 is 28.5 Å². The summed E-state index contributed by atoms with van der Waals surface area (Å²) in [5.41, 5.74) is 2.24. The molecule has 2 N–H and O–H groups in total. The van der Waals surface area contributed by atoms with Gasteiger partial charge in [-0.15, -0.1) is 0 Å². The van der Waals surface area contributed by atoms with Crippen LogP contribution in [0, 0.1) is 0 Å². The molecule has 184 valence electrons. The molecule has 0 radical (unpaired) electrons. The molecule has 3 aromatic rings. The van der Waals surface area contributed by atoms with Crippen LogP contribution in [0.4, 0.5) is 9.59 Å². The molecular formula is C27H30N2O6. The predicted molar refractivity (Wildman–Crippen MR) is 131 cm³/mol. The van der Waals surface area contributed by atoms with Gasteiger partial charge in [-0.05, 0) is 35.2 Å². The Balaban J connectivity index is 1.72. The Hall–Kier alpha value is -4.20. The van der Waals surface area contributed by atoms with Crippen molar-refractivity contribution in [1.82, 2.24) is 10.6 Å². The zero-order chi connectivity index (χ0) is 24.9. The second-order valence-electron chi connectivity index (χ2n) is 7.60. The summed E-state index contributed by atoms with van der Waals surface area (Å²) in [6, 6.07) is 23.7. The smallest absolute Gasteiger partial charge is 0.409 e. The molecule has 3 rings (SSSR count). The Labute approximate surface area is 205 Å². The van der Waals surface area contributed by atoms with Crippen molar-refractivity contribution in [1.29, 1.82) is 0 Å². The highest BCUT2D eigenvalue weighted by atomic mass is 16.6. The number of rotatable bonds is 11. The fourth-order valence-electron chi connectivity index (χ4n) is 3.17. The molecule has 0 saturated carbocycles. The topological polar surface area (TPSA) is 95.1 Å². The molecule has 0 saturated heterocycles. The fraction of sp³-hybridized carbons (Fsp3) is 0.259. The summed E-state index contributed by atoms with van der Waals surface area (Å²) in [5.74, 6) is 1.04. The lowest BCUT2D eigenvalue weighted by molar-refractivity contribution is 0.122. The van der Waals surface area contributed by atoms with E-state index in [1.807, 2.05) is 67.6 Å². The van der Waals surface area contributed by atoms with Crippen LogP contribution in [-0.4, -0.2) is 25.9 Å². The van der Waals surface area contributed by atoms with Crippen molar-refractivity contribution in [2.45, 2.75) is 32.7 Å². The largest absolute Gasteiger partial charge is 0.493 e. The van der Waals surface area contributed by atoms with Crippen LogP contribution in [0.2, 0.25) is 0 Å². The lowest BCUT2D eigenvalue weighted by atomic mass is 10.1. The van der Waals surface area contributed by atoms with Crippen molar-refractivity contribution in [3.05, 3.63) is 95.6 Å². The van der Waals surface area contributed by atoms with Crippen molar-refractivity contribution >= 4 is 12.2 Å². The van der Waals surface area contributed by atoms with Crippen LogP contribution in [0.25, 0.3) is 0 Å². The van der Waals surface area contributed by atoms with Gasteiger partial charge in [0.2, 0.25) is 0 Å². The van der Waals surface area contributed by atoms with E-state index in [2.05, 4.69) is 10.6 Å². The van der Waals surface area contributed by atoms with Gasteiger partial charge in [0.15, 0.2) is 11.5 Å². The Morgan fingerprint density at radius 2 is 1.31 bits per heavy atom. The van der Waals surface area contributed by atoms with Crippen LogP contribution in [-0.2, 0) is 22.7 Å². The number of amides is 2. The molecule has 0 aromatic heterocycles. The van der Waals surface area contributed by atoms with E-state index in [4.69, 9.17) is 18.9 Å². The van der Waals surface area contributed by atoms with Crippen molar-refractivity contribution in [3.8, 4) is 11.5 Å².